The van der Waals surface area contributed by atoms with E-state index in [1.807, 2.05) is 0 Å². The summed E-state index contributed by atoms with van der Waals surface area (Å²) in [5.41, 5.74) is 54.1. The molecule has 0 saturated heterocycles. The Hall–Kier alpha value is -10.2. The zero-order chi connectivity index (χ0) is 68.0. The summed E-state index contributed by atoms with van der Waals surface area (Å²) in [5.74, 6) is -5.63. The third-order valence-electron chi connectivity index (χ3n) is 14.3. The average molecular weight is 1290 g/mol. The van der Waals surface area contributed by atoms with Crippen LogP contribution in [0.2, 0.25) is 0 Å². The van der Waals surface area contributed by atoms with Gasteiger partial charge in [-0.25, -0.2) is 9.59 Å². The molecule has 0 unspecified atom stereocenters. The number of aromatic amines is 2. The van der Waals surface area contributed by atoms with E-state index in [-0.39, 0.29) is 97.5 Å². The van der Waals surface area contributed by atoms with E-state index >= 15 is 0 Å². The molecule has 0 aliphatic carbocycles. The first kappa shape index (κ1) is 74.3. The van der Waals surface area contributed by atoms with Crippen molar-refractivity contribution in [3.8, 4) is 0 Å². The van der Waals surface area contributed by atoms with E-state index in [4.69, 9.17) is 57.3 Å². The minimum Gasteiger partial charge on any atom is -0.383 e. The number of nitrogens with two attached hydrogens (primary N) is 10. The predicted molar refractivity (Wildman–Crippen MR) is 344 cm³/mol. The summed E-state index contributed by atoms with van der Waals surface area (Å²) >= 11 is 0. The van der Waals surface area contributed by atoms with Gasteiger partial charge < -0.3 is 92.6 Å². The SMILES string of the molecule is CC(=O)[C@H](CCCCN)NC(=O)CN(C[C@H](CCCCN=C(N)N)NC(=O)CN(C[C@H](CCCCN=C(N)N)NC(=O)CN(C[C@@H](N)CCCCN=C(N)N)C(=O)Cn1ccc(N)nc1=O)C(=O)Cn1cc(C)c(=O)[nH]c1=O)C(=O)Cn1ccc2c(=O)[nH]c(N)nc21. The van der Waals surface area contributed by atoms with Gasteiger partial charge in [-0.3, -0.25) is 77.2 Å². The molecule has 25 N–H and O–H groups in total. The second kappa shape index (κ2) is 37.7. The Bertz CT molecular complexity index is 3490. The monoisotopic (exact) mass is 1290 g/mol. The van der Waals surface area contributed by atoms with E-state index in [1.54, 1.807) is 0 Å². The second-order valence-corrected chi connectivity index (χ2v) is 22.1. The van der Waals surface area contributed by atoms with Gasteiger partial charge >= 0.3 is 11.4 Å². The summed E-state index contributed by atoms with van der Waals surface area (Å²) in [6.07, 6.45) is 8.24. The lowest BCUT2D eigenvalue weighted by molar-refractivity contribution is -0.139. The summed E-state index contributed by atoms with van der Waals surface area (Å²) in [4.78, 5) is 178. The van der Waals surface area contributed by atoms with Crippen molar-refractivity contribution in [1.29, 1.82) is 0 Å². The molecule has 0 aliphatic rings. The number of Topliss-reactive ketones (excluding diaryl/α,β-unsaturated/α-hetero) is 1. The number of aromatic nitrogens is 7. The molecule has 4 atom stereocenters. The molecule has 0 spiro atoms. The van der Waals surface area contributed by atoms with Crippen molar-refractivity contribution < 1.29 is 33.6 Å². The number of guanidine groups is 3. The van der Waals surface area contributed by atoms with Gasteiger partial charge in [0.1, 0.15) is 31.1 Å². The first-order valence-corrected chi connectivity index (χ1v) is 29.9. The summed E-state index contributed by atoms with van der Waals surface area (Å²) in [6.45, 7) is -0.995. The van der Waals surface area contributed by atoms with Crippen molar-refractivity contribution in [1.82, 2.24) is 64.3 Å². The lowest BCUT2D eigenvalue weighted by Crippen LogP contribution is -2.55. The molecule has 37 nitrogen and oxygen atoms in total. The van der Waals surface area contributed by atoms with Crippen LogP contribution in [0.4, 0.5) is 11.8 Å². The Kier molecular flexibility index (Phi) is 30.4. The standard InChI is InChI=1S/C55H90N26O11/c1-33-23-81(55(92)75-48(33)89)32-46(88)79(25-36(12-5-9-19-67-51(61)62)69-41(83)27-78(24-35(57)11-4-8-18-66-50(59)60)45(87)31-77-22-16-40(58)72-54(77)91)28-42(84)70-37(13-6-10-20-68-52(63)64)26-80(29-43(85)71-39(34(2)82)14-3-7-17-56)44(86)30-76-21-15-38-47(76)73-53(65)74-49(38)90/h15-16,21-23,35-37,39H,3-14,17-20,24-32,56-57H2,1-2H3,(H,69,83)(H,70,84)(H,71,85)(H2,58,72,91)(H4,59,60,66)(H4,61,62,67)(H4,63,64,68)(H,75,89,92)(H3,65,73,74,90)/t35-,36-,37-,39-/m0/s1. The Balaban J connectivity index is 1.76. The van der Waals surface area contributed by atoms with Crippen molar-refractivity contribution in [2.24, 2.45) is 60.8 Å². The first-order valence-electron chi connectivity index (χ1n) is 29.9. The highest BCUT2D eigenvalue weighted by molar-refractivity contribution is 5.91. The van der Waals surface area contributed by atoms with Crippen molar-refractivity contribution in [2.75, 3.05) is 76.9 Å². The molecule has 4 aromatic rings. The maximum Gasteiger partial charge on any atom is 0.349 e. The van der Waals surface area contributed by atoms with Crippen molar-refractivity contribution in [3.63, 3.8) is 0 Å². The molecular weight excluding hydrogens is 1200 g/mol. The van der Waals surface area contributed by atoms with Crippen LogP contribution in [0.5, 0.6) is 0 Å². The molecule has 6 amide bonds. The smallest absolute Gasteiger partial charge is 0.349 e. The molecule has 4 aromatic heterocycles. The van der Waals surface area contributed by atoms with Crippen LogP contribution in [0.3, 0.4) is 0 Å². The molecule has 0 radical (unpaired) electrons. The van der Waals surface area contributed by atoms with E-state index in [1.165, 1.54) is 42.9 Å². The number of nitrogens with one attached hydrogen (secondary N) is 5. The van der Waals surface area contributed by atoms with Crippen LogP contribution in [0, 0.1) is 6.92 Å². The van der Waals surface area contributed by atoms with Crippen molar-refractivity contribution in [3.05, 3.63) is 78.0 Å². The number of amides is 6. The largest absolute Gasteiger partial charge is 0.383 e. The first-order chi connectivity index (χ1) is 43.6. The average Bonchev–Trinajstić information content (AvgIpc) is 1.68. The fraction of sp³-hybridized carbons (Fsp3) is 0.564. The normalized spacial score (nSPS) is 12.3. The Morgan fingerprint density at radius 2 is 1.04 bits per heavy atom. The fourth-order valence-corrected chi connectivity index (χ4v) is 9.67. The number of anilines is 2. The zero-order valence-electron chi connectivity index (χ0n) is 52.1. The molecule has 0 aliphatic heterocycles. The highest BCUT2D eigenvalue weighted by atomic mass is 16.2. The Labute approximate surface area is 528 Å². The molecule has 4 rings (SSSR count). The third-order valence-corrected chi connectivity index (χ3v) is 14.3. The van der Waals surface area contributed by atoms with Gasteiger partial charge in [0.2, 0.25) is 41.4 Å². The molecule has 92 heavy (non-hydrogen) atoms. The molecular formula is C55H90N26O11. The minimum atomic E-state index is -1.02. The highest BCUT2D eigenvalue weighted by Gasteiger charge is 2.30. The van der Waals surface area contributed by atoms with Crippen LogP contribution in [-0.4, -0.2) is 197 Å². The number of fused-ring (bicyclic) bond motifs is 1. The summed E-state index contributed by atoms with van der Waals surface area (Å²) < 4.78 is 3.28. The van der Waals surface area contributed by atoms with Gasteiger partial charge in [0.25, 0.3) is 11.1 Å². The van der Waals surface area contributed by atoms with Gasteiger partial charge in [-0.05, 0) is 103 Å². The number of H-pyrrole nitrogens is 2. The van der Waals surface area contributed by atoms with E-state index in [9.17, 15) is 52.7 Å². The number of aliphatic imine (C=N–C) groups is 3. The molecule has 0 aromatic carbocycles. The number of hydrogen-bond acceptors (Lipinski definition) is 20. The Morgan fingerprint density at radius 1 is 0.576 bits per heavy atom. The molecule has 0 saturated carbocycles. The van der Waals surface area contributed by atoms with Crippen molar-refractivity contribution >= 4 is 81.9 Å². The van der Waals surface area contributed by atoms with E-state index in [2.05, 4.69) is 50.9 Å². The van der Waals surface area contributed by atoms with Gasteiger partial charge in [-0.1, -0.05) is 6.42 Å². The van der Waals surface area contributed by atoms with Crippen molar-refractivity contribution in [2.45, 2.75) is 135 Å². The number of ketones is 1. The van der Waals surface area contributed by atoms with Gasteiger partial charge in [-0.15, -0.1) is 0 Å². The number of unbranched alkanes of at least 4 members (excludes halogenated alkanes) is 4. The fourth-order valence-electron chi connectivity index (χ4n) is 9.67. The summed E-state index contributed by atoms with van der Waals surface area (Å²) in [6, 6.07) is -0.896. The number of rotatable bonds is 41. The third kappa shape index (κ3) is 26.5. The number of aryl methyl sites for hydroxylation is 1. The van der Waals surface area contributed by atoms with Crippen LogP contribution in [0.25, 0.3) is 11.0 Å². The molecule has 0 fully saturated rings. The summed E-state index contributed by atoms with van der Waals surface area (Å²) in [5, 5.41) is 8.61. The lowest BCUT2D eigenvalue weighted by Gasteiger charge is -2.31. The van der Waals surface area contributed by atoms with Gasteiger partial charge in [0.05, 0.1) is 31.1 Å². The number of nitrogens with zero attached hydrogens (tertiary/aromatic N) is 11. The maximum absolute atomic E-state index is 14.8. The zero-order valence-corrected chi connectivity index (χ0v) is 52.1. The quantitative estimate of drug-likeness (QED) is 0.0112. The molecule has 37 heteroatoms. The number of carbonyl (C=O) groups excluding carboxylic acids is 7. The minimum absolute atomic E-state index is 0.0565. The van der Waals surface area contributed by atoms with Crippen LogP contribution in [0.15, 0.2) is 64.9 Å². The maximum atomic E-state index is 14.8. The number of carbonyl (C=O) groups is 7. The van der Waals surface area contributed by atoms with E-state index in [0.717, 1.165) is 30.0 Å². The summed E-state index contributed by atoms with van der Waals surface area (Å²) in [7, 11) is 0. The Morgan fingerprint density at radius 3 is 1.54 bits per heavy atom. The molecule has 506 valence electrons. The number of nitrogen functional groups attached to an aromatic ring is 2. The van der Waals surface area contributed by atoms with Gasteiger partial charge in [0, 0.05) is 81.5 Å². The topological polar surface area (TPSA) is 603 Å². The second-order valence-electron chi connectivity index (χ2n) is 22.1. The van der Waals surface area contributed by atoms with E-state index in [0.29, 0.717) is 70.9 Å². The van der Waals surface area contributed by atoms with Crippen LogP contribution in [-0.2, 0) is 53.2 Å². The van der Waals surface area contributed by atoms with Crippen LogP contribution >= 0.6 is 0 Å². The highest BCUT2D eigenvalue weighted by Crippen LogP contribution is 2.14. The lowest BCUT2D eigenvalue weighted by atomic mass is 10.1. The van der Waals surface area contributed by atoms with Gasteiger partial charge in [-0.2, -0.15) is 9.97 Å². The number of hydrogen-bond donors (Lipinski definition) is 15. The van der Waals surface area contributed by atoms with Gasteiger partial charge in [0.15, 0.2) is 23.7 Å². The van der Waals surface area contributed by atoms with Crippen LogP contribution in [0.1, 0.15) is 89.5 Å². The molecule has 0 bridgehead atoms. The molecule has 4 heterocycles. The van der Waals surface area contributed by atoms with Crippen LogP contribution < -0.4 is 95.8 Å². The predicted octanol–water partition coefficient (Wildman–Crippen LogP) is -6.68. The van der Waals surface area contributed by atoms with E-state index < -0.39 is 128 Å².